The van der Waals surface area contributed by atoms with Crippen LogP contribution in [0.3, 0.4) is 0 Å². The zero-order valence-electron chi connectivity index (χ0n) is 11.0. The van der Waals surface area contributed by atoms with Gasteiger partial charge in [0.25, 0.3) is 0 Å². The molecule has 0 spiro atoms. The molecule has 0 N–H and O–H groups in total. The Kier molecular flexibility index (Phi) is 3.51. The quantitative estimate of drug-likeness (QED) is 0.741. The Morgan fingerprint density at radius 3 is 2.82 bits per heavy atom. The van der Waals surface area contributed by atoms with Gasteiger partial charge < -0.3 is 4.90 Å². The lowest BCUT2D eigenvalue weighted by molar-refractivity contribution is 0.101. The van der Waals surface area contributed by atoms with Crippen molar-refractivity contribution < 1.29 is 4.79 Å². The summed E-state index contributed by atoms with van der Waals surface area (Å²) in [6, 6.07) is 6.13. The van der Waals surface area contributed by atoms with E-state index in [1.165, 1.54) is 17.7 Å². The molecular formula is C15H21NO. The summed E-state index contributed by atoms with van der Waals surface area (Å²) in [5.41, 5.74) is 3.51. The molecule has 1 aliphatic rings. The Balaban J connectivity index is 2.13. The molecule has 0 saturated heterocycles. The van der Waals surface area contributed by atoms with E-state index in [2.05, 4.69) is 30.9 Å². The highest BCUT2D eigenvalue weighted by atomic mass is 16.1. The molecule has 2 rings (SSSR count). The number of carbonyl (C=O) groups is 1. The Labute approximate surface area is 104 Å². The van der Waals surface area contributed by atoms with Crippen molar-refractivity contribution in [2.45, 2.75) is 33.6 Å². The molecule has 0 fully saturated rings. The maximum atomic E-state index is 11.3. The minimum atomic E-state index is 0.161. The van der Waals surface area contributed by atoms with E-state index in [0.29, 0.717) is 0 Å². The number of rotatable bonds is 4. The summed E-state index contributed by atoms with van der Waals surface area (Å²) in [5.74, 6) is 0.906. The van der Waals surface area contributed by atoms with Crippen LogP contribution in [0.5, 0.6) is 0 Å². The summed E-state index contributed by atoms with van der Waals surface area (Å²) >= 11 is 0. The van der Waals surface area contributed by atoms with Crippen LogP contribution < -0.4 is 4.90 Å². The fourth-order valence-corrected chi connectivity index (χ4v) is 2.34. The monoisotopic (exact) mass is 231 g/mol. The van der Waals surface area contributed by atoms with Gasteiger partial charge in [0, 0.05) is 24.3 Å². The Morgan fingerprint density at radius 1 is 1.41 bits per heavy atom. The van der Waals surface area contributed by atoms with Gasteiger partial charge in [-0.05, 0) is 49.4 Å². The molecule has 0 aromatic heterocycles. The van der Waals surface area contributed by atoms with Gasteiger partial charge >= 0.3 is 0 Å². The van der Waals surface area contributed by atoms with E-state index in [0.717, 1.165) is 31.0 Å². The molecular weight excluding hydrogens is 210 g/mol. The predicted molar refractivity (Wildman–Crippen MR) is 71.8 cm³/mol. The number of Topliss-reactive ketones (excluding diaryl/α,β-unsaturated/α-hetero) is 1. The number of ketones is 1. The fraction of sp³-hybridized carbons (Fsp3) is 0.533. The normalized spacial score (nSPS) is 14.2. The van der Waals surface area contributed by atoms with Crippen LogP contribution >= 0.6 is 0 Å². The van der Waals surface area contributed by atoms with Gasteiger partial charge in [-0.3, -0.25) is 4.79 Å². The third kappa shape index (κ3) is 2.68. The number of benzene rings is 1. The van der Waals surface area contributed by atoms with Crippen LogP contribution in [-0.2, 0) is 6.42 Å². The highest BCUT2D eigenvalue weighted by Gasteiger charge is 2.19. The van der Waals surface area contributed by atoms with Crippen LogP contribution in [0.15, 0.2) is 18.2 Å². The van der Waals surface area contributed by atoms with Gasteiger partial charge in [-0.15, -0.1) is 0 Å². The van der Waals surface area contributed by atoms with Gasteiger partial charge in [0.05, 0.1) is 0 Å². The summed E-state index contributed by atoms with van der Waals surface area (Å²) < 4.78 is 0. The molecule has 0 radical (unpaired) electrons. The fourth-order valence-electron chi connectivity index (χ4n) is 2.34. The average Bonchev–Trinajstić information content (AvgIpc) is 2.68. The second-order valence-corrected chi connectivity index (χ2v) is 5.32. The second kappa shape index (κ2) is 4.91. The zero-order valence-corrected chi connectivity index (χ0v) is 11.0. The highest BCUT2D eigenvalue weighted by molar-refractivity contribution is 5.94. The van der Waals surface area contributed by atoms with Crippen LogP contribution in [0, 0.1) is 5.92 Å². The minimum absolute atomic E-state index is 0.161. The van der Waals surface area contributed by atoms with Gasteiger partial charge in [0.15, 0.2) is 5.78 Å². The van der Waals surface area contributed by atoms with Crippen molar-refractivity contribution in [1.82, 2.24) is 0 Å². The number of fused-ring (bicyclic) bond motifs is 1. The van der Waals surface area contributed by atoms with Crippen molar-refractivity contribution in [3.8, 4) is 0 Å². The molecule has 92 valence electrons. The van der Waals surface area contributed by atoms with E-state index in [4.69, 9.17) is 0 Å². The van der Waals surface area contributed by atoms with E-state index in [1.54, 1.807) is 6.92 Å². The third-order valence-corrected chi connectivity index (χ3v) is 3.45. The first-order valence-corrected chi connectivity index (χ1v) is 6.46. The minimum Gasteiger partial charge on any atom is -0.371 e. The first-order chi connectivity index (χ1) is 8.08. The third-order valence-electron chi connectivity index (χ3n) is 3.45. The van der Waals surface area contributed by atoms with Crippen LogP contribution in [0.1, 0.15) is 43.1 Å². The van der Waals surface area contributed by atoms with Crippen molar-refractivity contribution in [3.63, 3.8) is 0 Å². The molecule has 0 saturated carbocycles. The summed E-state index contributed by atoms with van der Waals surface area (Å²) in [5, 5.41) is 0. The summed E-state index contributed by atoms with van der Waals surface area (Å²) in [6.45, 7) is 8.38. The number of carbonyl (C=O) groups excluding carboxylic acids is 1. The summed E-state index contributed by atoms with van der Waals surface area (Å²) in [4.78, 5) is 13.8. The van der Waals surface area contributed by atoms with Crippen molar-refractivity contribution in [1.29, 1.82) is 0 Å². The first-order valence-electron chi connectivity index (χ1n) is 6.46. The molecule has 0 aliphatic carbocycles. The van der Waals surface area contributed by atoms with Gasteiger partial charge in [-0.25, -0.2) is 0 Å². The molecule has 1 heterocycles. The van der Waals surface area contributed by atoms with Gasteiger partial charge in [0.1, 0.15) is 0 Å². The average molecular weight is 231 g/mol. The molecule has 1 aromatic rings. The molecule has 0 amide bonds. The van der Waals surface area contributed by atoms with E-state index in [9.17, 15) is 4.79 Å². The van der Waals surface area contributed by atoms with E-state index < -0.39 is 0 Å². The molecule has 17 heavy (non-hydrogen) atoms. The summed E-state index contributed by atoms with van der Waals surface area (Å²) in [6.07, 6.45) is 2.31. The van der Waals surface area contributed by atoms with Crippen LogP contribution in [-0.4, -0.2) is 18.9 Å². The molecule has 1 aromatic carbocycles. The number of hydrogen-bond acceptors (Lipinski definition) is 2. The molecule has 2 heteroatoms. The van der Waals surface area contributed by atoms with E-state index >= 15 is 0 Å². The number of anilines is 1. The molecule has 0 atom stereocenters. The largest absolute Gasteiger partial charge is 0.371 e. The number of hydrogen-bond donors (Lipinski definition) is 0. The van der Waals surface area contributed by atoms with Gasteiger partial charge in [0.2, 0.25) is 0 Å². The van der Waals surface area contributed by atoms with Gasteiger partial charge in [-0.1, -0.05) is 13.8 Å². The van der Waals surface area contributed by atoms with Crippen molar-refractivity contribution in [2.24, 2.45) is 5.92 Å². The van der Waals surface area contributed by atoms with Gasteiger partial charge in [-0.2, -0.15) is 0 Å². The molecule has 0 bridgehead atoms. The first kappa shape index (κ1) is 12.2. The van der Waals surface area contributed by atoms with Crippen molar-refractivity contribution in [3.05, 3.63) is 29.3 Å². The maximum absolute atomic E-state index is 11.3. The second-order valence-electron chi connectivity index (χ2n) is 5.32. The lowest BCUT2D eigenvalue weighted by Crippen LogP contribution is -2.22. The molecule has 2 nitrogen and oxygen atoms in total. The van der Waals surface area contributed by atoms with E-state index in [1.807, 2.05) is 6.07 Å². The zero-order chi connectivity index (χ0) is 12.4. The Hall–Kier alpha value is -1.31. The highest BCUT2D eigenvalue weighted by Crippen LogP contribution is 2.29. The molecule has 0 unspecified atom stereocenters. The Morgan fingerprint density at radius 2 is 2.18 bits per heavy atom. The van der Waals surface area contributed by atoms with Crippen LogP contribution in [0.25, 0.3) is 0 Å². The Bertz CT molecular complexity index is 423. The van der Waals surface area contributed by atoms with E-state index in [-0.39, 0.29) is 5.78 Å². The van der Waals surface area contributed by atoms with Crippen LogP contribution in [0.2, 0.25) is 0 Å². The van der Waals surface area contributed by atoms with Crippen LogP contribution in [0.4, 0.5) is 5.69 Å². The SMILES string of the molecule is CC(=O)c1ccc2c(c1)CCN2CCC(C)C. The maximum Gasteiger partial charge on any atom is 0.159 e. The van der Waals surface area contributed by atoms with Crippen molar-refractivity contribution in [2.75, 3.05) is 18.0 Å². The predicted octanol–water partition coefficient (Wildman–Crippen LogP) is 3.30. The standard InChI is InChI=1S/C15H21NO/c1-11(2)6-8-16-9-7-14-10-13(12(3)17)4-5-15(14)16/h4-5,10-11H,6-9H2,1-3H3. The smallest absolute Gasteiger partial charge is 0.159 e. The van der Waals surface area contributed by atoms with Crippen molar-refractivity contribution >= 4 is 11.5 Å². The topological polar surface area (TPSA) is 20.3 Å². The summed E-state index contributed by atoms with van der Waals surface area (Å²) in [7, 11) is 0. The lowest BCUT2D eigenvalue weighted by atomic mass is 10.1. The lowest BCUT2D eigenvalue weighted by Gasteiger charge is -2.20. The number of nitrogens with zero attached hydrogens (tertiary/aromatic N) is 1. The molecule has 1 aliphatic heterocycles.